The number of halogens is 1. The Morgan fingerprint density at radius 3 is 2.45 bits per heavy atom. The van der Waals surface area contributed by atoms with Crippen molar-refractivity contribution in [2.45, 2.75) is 24.3 Å². The van der Waals surface area contributed by atoms with Gasteiger partial charge in [-0.25, -0.2) is 13.1 Å². The predicted molar refractivity (Wildman–Crippen MR) is 242 cm³/mol. The molecule has 5 aromatic carbocycles. The Morgan fingerprint density at radius 2 is 1.68 bits per heavy atom. The lowest BCUT2D eigenvalue weighted by Gasteiger charge is -2.40. The van der Waals surface area contributed by atoms with E-state index in [4.69, 9.17) is 21.1 Å². The molecule has 2 saturated heterocycles. The van der Waals surface area contributed by atoms with E-state index in [0.29, 0.717) is 43.6 Å². The number of nitro groups is 1. The highest BCUT2D eigenvalue weighted by molar-refractivity contribution is 7.90. The van der Waals surface area contributed by atoms with Gasteiger partial charge in [0.1, 0.15) is 17.2 Å². The average molecular weight is 878 g/mol. The van der Waals surface area contributed by atoms with Crippen LogP contribution in [0.2, 0.25) is 5.02 Å². The standard InChI is InChI=1S/C46H48ClN7O7S/c1-32(37-6-2-3-7-38(37)33-10-12-34(47)13-11-33)52-22-24-53(25-23-52)35-14-16-40(45(30-35)61-44-9-4-8-41-39(44)18-20-49-41)46(55)50-62(58,59)36-15-17-42(43(31-36)54(56)57)48-19-5-21-51-26-28-60-29-27-51/h2-4,6-18,20,30-32,48-49H,5,19,21-29H2,1H3,(H,50,55). The number of aromatic amines is 1. The van der Waals surface area contributed by atoms with Crippen LogP contribution >= 0.6 is 11.6 Å². The third-order valence-electron chi connectivity index (χ3n) is 11.6. The van der Waals surface area contributed by atoms with E-state index < -0.39 is 31.4 Å². The second-order valence-corrected chi connectivity index (χ2v) is 17.5. The third-order valence-corrected chi connectivity index (χ3v) is 13.1. The van der Waals surface area contributed by atoms with E-state index in [9.17, 15) is 23.3 Å². The van der Waals surface area contributed by atoms with Crippen LogP contribution < -0.4 is 19.7 Å². The van der Waals surface area contributed by atoms with Crippen molar-refractivity contribution in [2.24, 2.45) is 0 Å². The topological polar surface area (TPSA) is 162 Å². The first-order valence-electron chi connectivity index (χ1n) is 20.7. The minimum Gasteiger partial charge on any atom is -0.456 e. The molecule has 2 aliphatic heterocycles. The van der Waals surface area contributed by atoms with Crippen LogP contribution in [0.1, 0.15) is 35.3 Å². The number of rotatable bonds is 15. The van der Waals surface area contributed by atoms with Gasteiger partial charge in [0.15, 0.2) is 0 Å². The lowest BCUT2D eigenvalue weighted by atomic mass is 9.94. The molecule has 62 heavy (non-hydrogen) atoms. The van der Waals surface area contributed by atoms with Crippen molar-refractivity contribution in [2.75, 3.05) is 75.8 Å². The van der Waals surface area contributed by atoms with E-state index in [1.165, 1.54) is 17.7 Å². The number of nitro benzene ring substituents is 1. The lowest BCUT2D eigenvalue weighted by molar-refractivity contribution is -0.384. The largest absolute Gasteiger partial charge is 0.456 e. The number of carbonyl (C=O) groups excluding carboxylic acids is 1. The average Bonchev–Trinajstić information content (AvgIpc) is 3.78. The predicted octanol–water partition coefficient (Wildman–Crippen LogP) is 8.32. The molecule has 6 aromatic rings. The molecule has 0 bridgehead atoms. The number of nitrogens with zero attached hydrogens (tertiary/aromatic N) is 4. The highest BCUT2D eigenvalue weighted by Crippen LogP contribution is 2.37. The Hall–Kier alpha value is -5.97. The molecule has 0 spiro atoms. The van der Waals surface area contributed by atoms with E-state index in [-0.39, 0.29) is 23.0 Å². The van der Waals surface area contributed by atoms with Gasteiger partial charge in [0.05, 0.1) is 28.6 Å². The summed E-state index contributed by atoms with van der Waals surface area (Å²) in [6, 6.07) is 32.5. The zero-order chi connectivity index (χ0) is 43.2. The number of piperazine rings is 1. The summed E-state index contributed by atoms with van der Waals surface area (Å²) in [5, 5.41) is 16.6. The summed E-state index contributed by atoms with van der Waals surface area (Å²) in [6.45, 7) is 9.41. The van der Waals surface area contributed by atoms with Crippen LogP contribution in [0, 0.1) is 10.1 Å². The molecule has 8 rings (SSSR count). The summed E-state index contributed by atoms with van der Waals surface area (Å²) in [6.07, 6.45) is 2.51. The van der Waals surface area contributed by atoms with Crippen LogP contribution in [0.5, 0.6) is 11.5 Å². The van der Waals surface area contributed by atoms with Crippen LogP contribution in [0.15, 0.2) is 120 Å². The number of H-pyrrole nitrogens is 1. The number of hydrogen-bond acceptors (Lipinski definition) is 11. The number of morpholine rings is 1. The number of hydrogen-bond donors (Lipinski definition) is 3. The number of amides is 1. The molecule has 16 heteroatoms. The Labute approximate surface area is 365 Å². The highest BCUT2D eigenvalue weighted by Gasteiger charge is 2.28. The number of sulfonamides is 1. The lowest BCUT2D eigenvalue weighted by Crippen LogP contribution is -2.47. The van der Waals surface area contributed by atoms with E-state index in [1.807, 2.05) is 48.5 Å². The quantitative estimate of drug-likeness (QED) is 0.0517. The van der Waals surface area contributed by atoms with Gasteiger partial charge in [0, 0.05) is 91.8 Å². The molecule has 1 atom stereocenters. The molecule has 0 saturated carbocycles. The van der Waals surface area contributed by atoms with Gasteiger partial charge in [-0.05, 0) is 91.2 Å². The molecule has 1 amide bonds. The molecule has 3 heterocycles. The first kappa shape index (κ1) is 42.7. The number of ether oxygens (including phenoxy) is 2. The monoisotopic (exact) mass is 877 g/mol. The van der Waals surface area contributed by atoms with Crippen LogP contribution in [0.4, 0.5) is 17.1 Å². The molecule has 0 radical (unpaired) electrons. The maximum Gasteiger partial charge on any atom is 0.293 e. The number of aromatic nitrogens is 1. The summed E-state index contributed by atoms with van der Waals surface area (Å²) >= 11 is 6.19. The number of carbonyl (C=O) groups is 1. The maximum atomic E-state index is 14.0. The fraction of sp³-hybridized carbons (Fsp3) is 0.283. The SMILES string of the molecule is CC(c1ccccc1-c1ccc(Cl)cc1)N1CCN(c2ccc(C(=O)NS(=O)(=O)c3ccc(NCCCN4CCOCC4)c([N+](=O)[O-])c3)c(Oc3cccc4[nH]ccc34)c2)CC1. The number of benzene rings is 5. The van der Waals surface area contributed by atoms with Gasteiger partial charge in [-0.2, -0.15) is 0 Å². The summed E-state index contributed by atoms with van der Waals surface area (Å²) in [5.74, 6) is -0.322. The van der Waals surface area contributed by atoms with Gasteiger partial charge in [-0.15, -0.1) is 0 Å². The van der Waals surface area contributed by atoms with Crippen LogP contribution in [-0.4, -0.2) is 99.6 Å². The van der Waals surface area contributed by atoms with Crippen molar-refractivity contribution >= 4 is 55.5 Å². The molecule has 2 aliphatic rings. The van der Waals surface area contributed by atoms with E-state index in [0.717, 1.165) is 72.9 Å². The Bertz CT molecular complexity index is 2660. The van der Waals surface area contributed by atoms with Gasteiger partial charge in [-0.3, -0.25) is 24.7 Å². The molecular weight excluding hydrogens is 830 g/mol. The van der Waals surface area contributed by atoms with Crippen molar-refractivity contribution in [3.8, 4) is 22.6 Å². The van der Waals surface area contributed by atoms with Gasteiger partial charge in [0.25, 0.3) is 21.6 Å². The summed E-state index contributed by atoms with van der Waals surface area (Å²) in [5.41, 5.74) is 4.86. The fourth-order valence-corrected chi connectivity index (χ4v) is 9.24. The first-order chi connectivity index (χ1) is 30.0. The minimum absolute atomic E-state index is 0.0241. The second kappa shape index (κ2) is 19.0. The second-order valence-electron chi connectivity index (χ2n) is 15.4. The summed E-state index contributed by atoms with van der Waals surface area (Å²) < 4.78 is 41.4. The Morgan fingerprint density at radius 1 is 0.903 bits per heavy atom. The Kier molecular flexibility index (Phi) is 13.1. The van der Waals surface area contributed by atoms with Gasteiger partial charge in [0.2, 0.25) is 0 Å². The number of nitrogens with one attached hydrogen (secondary N) is 3. The van der Waals surface area contributed by atoms with Crippen molar-refractivity contribution in [3.05, 3.63) is 142 Å². The minimum atomic E-state index is -4.56. The maximum absolute atomic E-state index is 14.0. The highest BCUT2D eigenvalue weighted by atomic mass is 35.5. The molecule has 2 fully saturated rings. The zero-order valence-corrected chi connectivity index (χ0v) is 35.8. The van der Waals surface area contributed by atoms with Gasteiger partial charge >= 0.3 is 0 Å². The van der Waals surface area contributed by atoms with E-state index in [1.54, 1.807) is 30.5 Å². The van der Waals surface area contributed by atoms with Gasteiger partial charge in [-0.1, -0.05) is 54.1 Å². The van der Waals surface area contributed by atoms with Crippen LogP contribution in [0.3, 0.4) is 0 Å². The smallest absolute Gasteiger partial charge is 0.293 e. The summed E-state index contributed by atoms with van der Waals surface area (Å²) in [4.78, 5) is 35.1. The van der Waals surface area contributed by atoms with Crippen LogP contribution in [-0.2, 0) is 14.8 Å². The molecule has 3 N–H and O–H groups in total. The van der Waals surface area contributed by atoms with Crippen molar-refractivity contribution in [1.82, 2.24) is 19.5 Å². The molecule has 1 aromatic heterocycles. The van der Waals surface area contributed by atoms with E-state index in [2.05, 4.69) is 54.8 Å². The zero-order valence-electron chi connectivity index (χ0n) is 34.3. The third kappa shape index (κ3) is 9.72. The van der Waals surface area contributed by atoms with Crippen molar-refractivity contribution in [1.29, 1.82) is 0 Å². The molecular formula is C46H48ClN7O7S. The van der Waals surface area contributed by atoms with E-state index >= 15 is 0 Å². The van der Waals surface area contributed by atoms with Crippen molar-refractivity contribution < 1.29 is 27.6 Å². The fourth-order valence-electron chi connectivity index (χ4n) is 8.13. The van der Waals surface area contributed by atoms with Crippen molar-refractivity contribution in [3.63, 3.8) is 0 Å². The van der Waals surface area contributed by atoms with Crippen LogP contribution in [0.25, 0.3) is 22.0 Å². The molecule has 1 unspecified atom stereocenters. The van der Waals surface area contributed by atoms with Gasteiger partial charge < -0.3 is 24.7 Å². The molecule has 14 nitrogen and oxygen atoms in total. The molecule has 0 aliphatic carbocycles. The first-order valence-corrected chi connectivity index (χ1v) is 22.5. The summed E-state index contributed by atoms with van der Waals surface area (Å²) in [7, 11) is -4.56. The molecule has 322 valence electrons. The Balaban J connectivity index is 0.994. The normalized spacial score (nSPS) is 15.6. The number of fused-ring (bicyclic) bond motifs is 1. The number of anilines is 2.